The predicted octanol–water partition coefficient (Wildman–Crippen LogP) is 1.42. The molecule has 6 heteroatoms. The lowest BCUT2D eigenvalue weighted by atomic mass is 10.3. The summed E-state index contributed by atoms with van der Waals surface area (Å²) in [6.45, 7) is 4.16. The van der Waals surface area contributed by atoms with Crippen molar-refractivity contribution in [2.45, 2.75) is 26.4 Å². The number of aryl methyl sites for hydroxylation is 1. The Balaban J connectivity index is 1.77. The SMILES string of the molecule is CCNCc1cn(CCC(=O)Nc2ccccc2)nn1. The number of nitrogens with one attached hydrogen (secondary N) is 2. The zero-order valence-electron chi connectivity index (χ0n) is 11.5. The lowest BCUT2D eigenvalue weighted by Crippen LogP contribution is -2.14. The molecule has 1 aromatic carbocycles. The normalized spacial score (nSPS) is 10.4. The minimum atomic E-state index is -0.0278. The van der Waals surface area contributed by atoms with Gasteiger partial charge in [0.1, 0.15) is 0 Å². The second-order valence-electron chi connectivity index (χ2n) is 4.42. The van der Waals surface area contributed by atoms with Crippen LogP contribution in [0.15, 0.2) is 36.5 Å². The molecule has 6 nitrogen and oxygen atoms in total. The van der Waals surface area contributed by atoms with E-state index < -0.39 is 0 Å². The second-order valence-corrected chi connectivity index (χ2v) is 4.42. The number of amides is 1. The Labute approximate surface area is 118 Å². The Bertz CT molecular complexity index is 538. The number of anilines is 1. The van der Waals surface area contributed by atoms with Crippen molar-refractivity contribution in [1.29, 1.82) is 0 Å². The molecule has 0 spiro atoms. The average molecular weight is 273 g/mol. The third-order valence-electron chi connectivity index (χ3n) is 2.77. The first kappa shape index (κ1) is 14.2. The van der Waals surface area contributed by atoms with E-state index in [1.807, 2.05) is 43.5 Å². The number of aromatic nitrogens is 3. The molecule has 0 atom stereocenters. The second kappa shape index (κ2) is 7.40. The molecule has 2 rings (SSSR count). The monoisotopic (exact) mass is 273 g/mol. The molecule has 20 heavy (non-hydrogen) atoms. The van der Waals surface area contributed by atoms with Gasteiger partial charge < -0.3 is 10.6 Å². The van der Waals surface area contributed by atoms with Gasteiger partial charge in [-0.25, -0.2) is 0 Å². The molecule has 0 saturated carbocycles. The fraction of sp³-hybridized carbons (Fsp3) is 0.357. The predicted molar refractivity (Wildman–Crippen MR) is 77.1 cm³/mol. The molecule has 0 aliphatic rings. The van der Waals surface area contributed by atoms with Crippen LogP contribution in [-0.2, 0) is 17.9 Å². The van der Waals surface area contributed by atoms with Crippen molar-refractivity contribution in [2.75, 3.05) is 11.9 Å². The van der Waals surface area contributed by atoms with Crippen LogP contribution in [0.5, 0.6) is 0 Å². The van der Waals surface area contributed by atoms with Gasteiger partial charge in [0.05, 0.1) is 12.2 Å². The summed E-state index contributed by atoms with van der Waals surface area (Å²) in [5.74, 6) is -0.0278. The van der Waals surface area contributed by atoms with Crippen molar-refractivity contribution in [1.82, 2.24) is 20.3 Å². The standard InChI is InChI=1S/C14H19N5O/c1-2-15-10-13-11-19(18-17-13)9-8-14(20)16-12-6-4-3-5-7-12/h3-7,11,15H,2,8-10H2,1H3,(H,16,20). The van der Waals surface area contributed by atoms with Crippen LogP contribution >= 0.6 is 0 Å². The van der Waals surface area contributed by atoms with E-state index in [1.54, 1.807) is 4.68 Å². The van der Waals surface area contributed by atoms with E-state index in [-0.39, 0.29) is 5.91 Å². The minimum Gasteiger partial charge on any atom is -0.326 e. The molecule has 0 radical (unpaired) electrons. The molecular formula is C14H19N5O. The molecule has 0 bridgehead atoms. The Morgan fingerprint density at radius 1 is 1.30 bits per heavy atom. The van der Waals surface area contributed by atoms with E-state index in [0.717, 1.165) is 17.9 Å². The zero-order chi connectivity index (χ0) is 14.2. The number of rotatable bonds is 7. The van der Waals surface area contributed by atoms with Crippen molar-refractivity contribution >= 4 is 11.6 Å². The van der Waals surface area contributed by atoms with Crippen LogP contribution in [0, 0.1) is 0 Å². The van der Waals surface area contributed by atoms with Gasteiger partial charge in [-0.1, -0.05) is 30.3 Å². The van der Waals surface area contributed by atoms with Crippen molar-refractivity contribution in [3.05, 3.63) is 42.2 Å². The Hall–Kier alpha value is -2.21. The molecule has 0 saturated heterocycles. The van der Waals surface area contributed by atoms with Gasteiger partial charge in [-0.3, -0.25) is 9.48 Å². The Morgan fingerprint density at radius 3 is 2.85 bits per heavy atom. The topological polar surface area (TPSA) is 71.8 Å². The molecule has 2 aromatic rings. The largest absolute Gasteiger partial charge is 0.326 e. The van der Waals surface area contributed by atoms with Crippen LogP contribution in [0.2, 0.25) is 0 Å². The van der Waals surface area contributed by atoms with Gasteiger partial charge in [0.15, 0.2) is 0 Å². The maximum Gasteiger partial charge on any atom is 0.226 e. The summed E-state index contributed by atoms with van der Waals surface area (Å²) >= 11 is 0. The molecule has 2 N–H and O–H groups in total. The van der Waals surface area contributed by atoms with Crippen LogP contribution in [0.1, 0.15) is 19.0 Å². The van der Waals surface area contributed by atoms with Crippen LogP contribution < -0.4 is 10.6 Å². The van der Waals surface area contributed by atoms with Crippen LogP contribution in [-0.4, -0.2) is 27.4 Å². The fourth-order valence-corrected chi connectivity index (χ4v) is 1.74. The molecule has 0 unspecified atom stereocenters. The van der Waals surface area contributed by atoms with E-state index in [9.17, 15) is 4.79 Å². The third-order valence-corrected chi connectivity index (χ3v) is 2.77. The zero-order valence-corrected chi connectivity index (χ0v) is 11.5. The van der Waals surface area contributed by atoms with Crippen molar-refractivity contribution in [2.24, 2.45) is 0 Å². The summed E-state index contributed by atoms with van der Waals surface area (Å²) in [4.78, 5) is 11.8. The van der Waals surface area contributed by atoms with E-state index in [0.29, 0.717) is 19.5 Å². The highest BCUT2D eigenvalue weighted by atomic mass is 16.1. The molecule has 0 fully saturated rings. The molecular weight excluding hydrogens is 254 g/mol. The Morgan fingerprint density at radius 2 is 2.10 bits per heavy atom. The van der Waals surface area contributed by atoms with Gasteiger partial charge in [-0.2, -0.15) is 0 Å². The number of hydrogen-bond donors (Lipinski definition) is 2. The lowest BCUT2D eigenvalue weighted by Gasteiger charge is -2.04. The Kier molecular flexibility index (Phi) is 5.25. The molecule has 1 amide bonds. The number of hydrogen-bond acceptors (Lipinski definition) is 4. The fourth-order valence-electron chi connectivity index (χ4n) is 1.74. The first-order valence-corrected chi connectivity index (χ1v) is 6.72. The minimum absolute atomic E-state index is 0.0278. The summed E-state index contributed by atoms with van der Waals surface area (Å²) in [7, 11) is 0. The van der Waals surface area contributed by atoms with Crippen LogP contribution in [0.3, 0.4) is 0 Å². The first-order valence-electron chi connectivity index (χ1n) is 6.72. The van der Waals surface area contributed by atoms with Crippen LogP contribution in [0.25, 0.3) is 0 Å². The number of nitrogens with zero attached hydrogens (tertiary/aromatic N) is 3. The van der Waals surface area contributed by atoms with Gasteiger partial charge in [0.2, 0.25) is 5.91 Å². The maximum absolute atomic E-state index is 11.8. The van der Waals surface area contributed by atoms with E-state index in [1.165, 1.54) is 0 Å². The molecule has 1 heterocycles. The van der Waals surface area contributed by atoms with Gasteiger partial charge in [0, 0.05) is 24.8 Å². The summed E-state index contributed by atoms with van der Waals surface area (Å²) < 4.78 is 1.69. The van der Waals surface area contributed by atoms with E-state index in [2.05, 4.69) is 20.9 Å². The maximum atomic E-state index is 11.8. The van der Waals surface area contributed by atoms with Crippen molar-refractivity contribution < 1.29 is 4.79 Å². The van der Waals surface area contributed by atoms with Crippen LogP contribution in [0.4, 0.5) is 5.69 Å². The summed E-state index contributed by atoms with van der Waals surface area (Å²) in [5, 5.41) is 14.0. The molecule has 1 aromatic heterocycles. The highest BCUT2D eigenvalue weighted by molar-refractivity contribution is 5.90. The number of carbonyl (C=O) groups excluding carboxylic acids is 1. The average Bonchev–Trinajstić information content (AvgIpc) is 2.92. The molecule has 0 aliphatic heterocycles. The quantitative estimate of drug-likeness (QED) is 0.800. The van der Waals surface area contributed by atoms with Gasteiger partial charge in [-0.05, 0) is 18.7 Å². The highest BCUT2D eigenvalue weighted by Crippen LogP contribution is 2.05. The number of benzene rings is 1. The van der Waals surface area contributed by atoms with E-state index in [4.69, 9.17) is 0 Å². The molecule has 106 valence electrons. The van der Waals surface area contributed by atoms with E-state index >= 15 is 0 Å². The number of carbonyl (C=O) groups is 1. The third kappa shape index (κ3) is 4.47. The van der Waals surface area contributed by atoms with Crippen molar-refractivity contribution in [3.63, 3.8) is 0 Å². The van der Waals surface area contributed by atoms with Gasteiger partial charge in [0.25, 0.3) is 0 Å². The summed E-state index contributed by atoms with van der Waals surface area (Å²) in [5.41, 5.74) is 1.69. The van der Waals surface area contributed by atoms with Gasteiger partial charge >= 0.3 is 0 Å². The lowest BCUT2D eigenvalue weighted by molar-refractivity contribution is -0.116. The first-order chi connectivity index (χ1) is 9.78. The van der Waals surface area contributed by atoms with Crippen molar-refractivity contribution in [3.8, 4) is 0 Å². The highest BCUT2D eigenvalue weighted by Gasteiger charge is 2.04. The molecule has 0 aliphatic carbocycles. The smallest absolute Gasteiger partial charge is 0.226 e. The number of para-hydroxylation sites is 1. The van der Waals surface area contributed by atoms with Gasteiger partial charge in [-0.15, -0.1) is 5.10 Å². The summed E-state index contributed by atoms with van der Waals surface area (Å²) in [6, 6.07) is 9.42. The summed E-state index contributed by atoms with van der Waals surface area (Å²) in [6.07, 6.45) is 2.23.